The Hall–Kier alpha value is -1.56. The molecule has 4 aliphatic rings. The first-order valence-corrected chi connectivity index (χ1v) is 9.08. The van der Waals surface area contributed by atoms with Gasteiger partial charge in [0.05, 0.1) is 0 Å². The van der Waals surface area contributed by atoms with Crippen molar-refractivity contribution in [3.8, 4) is 0 Å². The summed E-state index contributed by atoms with van der Waals surface area (Å²) in [6.07, 6.45) is 5.83. The number of hydrogen-bond acceptors (Lipinski definition) is 0. The maximum absolute atomic E-state index is 2.42. The van der Waals surface area contributed by atoms with Crippen molar-refractivity contribution in [2.75, 3.05) is 0 Å². The van der Waals surface area contributed by atoms with Gasteiger partial charge in [-0.05, 0) is 83.4 Å². The van der Waals surface area contributed by atoms with E-state index in [1.165, 1.54) is 25.7 Å². The lowest BCUT2D eigenvalue weighted by atomic mass is 9.69. The van der Waals surface area contributed by atoms with E-state index in [1.807, 2.05) is 0 Å². The average Bonchev–Trinajstić information content (AvgIpc) is 3.33. The molecule has 0 aromatic heterocycles. The molecule has 2 aromatic carbocycles. The molecule has 4 bridgehead atoms. The summed E-state index contributed by atoms with van der Waals surface area (Å²) in [7, 11) is 0. The third-order valence-electron chi connectivity index (χ3n) is 7.44. The highest BCUT2D eigenvalue weighted by molar-refractivity contribution is 5.45. The van der Waals surface area contributed by atoms with E-state index in [0.29, 0.717) is 0 Å². The van der Waals surface area contributed by atoms with Gasteiger partial charge in [0.15, 0.2) is 0 Å². The lowest BCUT2D eigenvalue weighted by molar-refractivity contribution is 0.273. The topological polar surface area (TPSA) is 0 Å². The second-order valence-corrected chi connectivity index (χ2v) is 8.14. The fourth-order valence-corrected chi connectivity index (χ4v) is 6.75. The van der Waals surface area contributed by atoms with Crippen LogP contribution in [0, 0.1) is 11.8 Å². The molecule has 110 valence electrons. The SMILES string of the molecule is c1ccc2c(c1)[C@H]1CC(C3C[C@H]4C[C@@H]3c3ccccc34)[C@@H]2C1. The molecule has 2 unspecified atom stereocenters. The van der Waals surface area contributed by atoms with Gasteiger partial charge in [-0.15, -0.1) is 0 Å². The quantitative estimate of drug-likeness (QED) is 0.643. The highest BCUT2D eigenvalue weighted by Crippen LogP contribution is 2.66. The van der Waals surface area contributed by atoms with Crippen molar-refractivity contribution in [1.82, 2.24) is 0 Å². The standard InChI is InChI=1S/C22H22/c1-3-7-17-15(5-1)13-9-19(17)21(11-13)22-12-14-10-20(22)18-8-4-2-6-16(14)18/h1-8,13-14,19-22H,9-12H2/t13-,14-,19-,20-,21?,22?/m1/s1. The van der Waals surface area contributed by atoms with E-state index in [2.05, 4.69) is 48.5 Å². The predicted molar refractivity (Wildman–Crippen MR) is 89.3 cm³/mol. The van der Waals surface area contributed by atoms with E-state index in [4.69, 9.17) is 0 Å². The second-order valence-electron chi connectivity index (χ2n) is 8.14. The zero-order valence-electron chi connectivity index (χ0n) is 12.9. The molecule has 0 saturated heterocycles. The van der Waals surface area contributed by atoms with Crippen molar-refractivity contribution in [3.63, 3.8) is 0 Å². The van der Waals surface area contributed by atoms with E-state index in [9.17, 15) is 0 Å². The van der Waals surface area contributed by atoms with Crippen LogP contribution in [0.2, 0.25) is 0 Å². The molecular weight excluding hydrogens is 264 g/mol. The van der Waals surface area contributed by atoms with Crippen molar-refractivity contribution in [3.05, 3.63) is 70.8 Å². The van der Waals surface area contributed by atoms with Crippen LogP contribution >= 0.6 is 0 Å². The van der Waals surface area contributed by atoms with Gasteiger partial charge in [0, 0.05) is 0 Å². The molecule has 2 aromatic rings. The number of hydrogen-bond donors (Lipinski definition) is 0. The van der Waals surface area contributed by atoms with Crippen LogP contribution in [0.5, 0.6) is 0 Å². The summed E-state index contributed by atoms with van der Waals surface area (Å²) in [5.74, 6) is 5.42. The minimum atomic E-state index is 0.873. The summed E-state index contributed by atoms with van der Waals surface area (Å²) in [4.78, 5) is 0. The fraction of sp³-hybridized carbons (Fsp3) is 0.455. The van der Waals surface area contributed by atoms with Crippen LogP contribution < -0.4 is 0 Å². The molecule has 6 rings (SSSR count). The Labute approximate surface area is 132 Å². The molecule has 22 heavy (non-hydrogen) atoms. The van der Waals surface area contributed by atoms with Gasteiger partial charge in [0.1, 0.15) is 0 Å². The Morgan fingerprint density at radius 1 is 0.500 bits per heavy atom. The number of rotatable bonds is 1. The van der Waals surface area contributed by atoms with Gasteiger partial charge in [-0.25, -0.2) is 0 Å². The Kier molecular flexibility index (Phi) is 2.19. The summed E-state index contributed by atoms with van der Waals surface area (Å²) in [5, 5.41) is 0. The summed E-state index contributed by atoms with van der Waals surface area (Å²) in [5.41, 5.74) is 6.79. The van der Waals surface area contributed by atoms with Crippen LogP contribution in [0.15, 0.2) is 48.5 Å². The Bertz CT molecular complexity index is 693. The largest absolute Gasteiger partial charge is 0.0620 e. The van der Waals surface area contributed by atoms with Crippen molar-refractivity contribution < 1.29 is 0 Å². The monoisotopic (exact) mass is 286 g/mol. The minimum Gasteiger partial charge on any atom is -0.0620 e. The predicted octanol–water partition coefficient (Wildman–Crippen LogP) is 5.57. The molecule has 0 nitrogen and oxygen atoms in total. The maximum Gasteiger partial charge on any atom is -0.0122 e. The Morgan fingerprint density at radius 2 is 0.909 bits per heavy atom. The van der Waals surface area contributed by atoms with Crippen LogP contribution in [0.25, 0.3) is 0 Å². The molecule has 0 radical (unpaired) electrons. The van der Waals surface area contributed by atoms with E-state index in [-0.39, 0.29) is 0 Å². The van der Waals surface area contributed by atoms with Crippen LogP contribution in [-0.4, -0.2) is 0 Å². The first-order chi connectivity index (χ1) is 10.9. The Balaban J connectivity index is 1.38. The molecule has 0 spiro atoms. The van der Waals surface area contributed by atoms with Gasteiger partial charge in [0.2, 0.25) is 0 Å². The van der Waals surface area contributed by atoms with Crippen LogP contribution in [0.4, 0.5) is 0 Å². The Morgan fingerprint density at radius 3 is 1.36 bits per heavy atom. The van der Waals surface area contributed by atoms with Gasteiger partial charge in [-0.3, -0.25) is 0 Å². The minimum absolute atomic E-state index is 0.873. The zero-order valence-corrected chi connectivity index (χ0v) is 12.9. The van der Waals surface area contributed by atoms with Crippen LogP contribution in [-0.2, 0) is 0 Å². The van der Waals surface area contributed by atoms with Crippen molar-refractivity contribution in [1.29, 1.82) is 0 Å². The van der Waals surface area contributed by atoms with Crippen molar-refractivity contribution in [2.24, 2.45) is 11.8 Å². The average molecular weight is 286 g/mol. The zero-order chi connectivity index (χ0) is 14.3. The fourth-order valence-electron chi connectivity index (χ4n) is 6.75. The van der Waals surface area contributed by atoms with Crippen LogP contribution in [0.3, 0.4) is 0 Å². The van der Waals surface area contributed by atoms with Gasteiger partial charge >= 0.3 is 0 Å². The number of fused-ring (bicyclic) bond motifs is 10. The van der Waals surface area contributed by atoms with E-state index < -0.39 is 0 Å². The van der Waals surface area contributed by atoms with Gasteiger partial charge < -0.3 is 0 Å². The molecular formula is C22H22. The van der Waals surface area contributed by atoms with Crippen LogP contribution in [0.1, 0.15) is 71.6 Å². The molecule has 2 fully saturated rings. The summed E-state index contributed by atoms with van der Waals surface area (Å²) in [6.45, 7) is 0. The molecule has 0 heterocycles. The third kappa shape index (κ3) is 1.35. The van der Waals surface area contributed by atoms with Crippen molar-refractivity contribution in [2.45, 2.75) is 49.4 Å². The van der Waals surface area contributed by atoms with Gasteiger partial charge in [0.25, 0.3) is 0 Å². The third-order valence-corrected chi connectivity index (χ3v) is 7.44. The maximum atomic E-state index is 2.42. The number of benzene rings is 2. The molecule has 0 heteroatoms. The first-order valence-electron chi connectivity index (χ1n) is 9.08. The highest BCUT2D eigenvalue weighted by atomic mass is 14.6. The molecule has 0 N–H and O–H groups in total. The normalized spacial score (nSPS) is 40.0. The second kappa shape index (κ2) is 4.04. The lowest BCUT2D eigenvalue weighted by Crippen LogP contribution is -2.24. The van der Waals surface area contributed by atoms with Gasteiger partial charge in [-0.2, -0.15) is 0 Å². The molecule has 4 aliphatic carbocycles. The van der Waals surface area contributed by atoms with E-state index in [0.717, 1.165) is 35.5 Å². The molecule has 0 amide bonds. The smallest absolute Gasteiger partial charge is 0.0122 e. The lowest BCUT2D eigenvalue weighted by Gasteiger charge is -2.35. The summed E-state index contributed by atoms with van der Waals surface area (Å²) < 4.78 is 0. The molecule has 6 atom stereocenters. The summed E-state index contributed by atoms with van der Waals surface area (Å²) in [6, 6.07) is 18.6. The van der Waals surface area contributed by atoms with Gasteiger partial charge in [-0.1, -0.05) is 48.5 Å². The highest BCUT2D eigenvalue weighted by Gasteiger charge is 2.53. The molecule has 2 saturated carbocycles. The van der Waals surface area contributed by atoms with Crippen molar-refractivity contribution >= 4 is 0 Å². The molecule has 0 aliphatic heterocycles. The summed E-state index contributed by atoms with van der Waals surface area (Å²) >= 11 is 0. The van der Waals surface area contributed by atoms with E-state index >= 15 is 0 Å². The van der Waals surface area contributed by atoms with E-state index in [1.54, 1.807) is 22.3 Å². The first kappa shape index (κ1) is 11.9.